The molecular weight excluding hydrogens is 268 g/mol. The molecule has 0 unspecified atom stereocenters. The lowest BCUT2D eigenvalue weighted by molar-refractivity contribution is 0.562. The zero-order chi connectivity index (χ0) is 12.9. The highest BCUT2D eigenvalue weighted by Crippen LogP contribution is 2.24. The van der Waals surface area contributed by atoms with Gasteiger partial charge in [0.25, 0.3) is 6.08 Å². The maximum absolute atomic E-state index is 11.7. The molecule has 0 saturated heterocycles. The van der Waals surface area contributed by atoms with Gasteiger partial charge in [0.05, 0.1) is 11.0 Å². The van der Waals surface area contributed by atoms with Crippen LogP contribution >= 0.6 is 0 Å². The zero-order valence-electron chi connectivity index (χ0n) is 9.12. The quantitative estimate of drug-likeness (QED) is 0.522. The van der Waals surface area contributed by atoms with Crippen LogP contribution in [0.4, 0.5) is 0 Å². The summed E-state index contributed by atoms with van der Waals surface area (Å²) in [5.74, 6) is -0.273. The maximum Gasteiger partial charge on any atom is 0.330 e. The van der Waals surface area contributed by atoms with Crippen molar-refractivity contribution in [2.24, 2.45) is 4.40 Å². The number of hydrogen-bond donors (Lipinski definition) is 1. The van der Waals surface area contributed by atoms with Crippen LogP contribution in [-0.2, 0) is 24.8 Å². The van der Waals surface area contributed by atoms with E-state index >= 15 is 0 Å². The zero-order valence-corrected chi connectivity index (χ0v) is 10.8. The largest absolute Gasteiger partial charge is 0.330 e. The minimum absolute atomic E-state index is 0.271. The molecular formula is C8H14N2O5S2. The van der Waals surface area contributed by atoms with Gasteiger partial charge in [0, 0.05) is 6.54 Å². The van der Waals surface area contributed by atoms with Crippen LogP contribution < -0.4 is 4.72 Å². The molecule has 1 aliphatic carbocycles. The van der Waals surface area contributed by atoms with Gasteiger partial charge in [0.2, 0.25) is 0 Å². The Kier molecular flexibility index (Phi) is 4.81. The molecule has 17 heavy (non-hydrogen) atoms. The van der Waals surface area contributed by atoms with E-state index in [1.165, 1.54) is 0 Å². The number of sulfone groups is 1. The highest BCUT2D eigenvalue weighted by atomic mass is 32.2. The summed E-state index contributed by atoms with van der Waals surface area (Å²) >= 11 is 0. The highest BCUT2D eigenvalue weighted by molar-refractivity contribution is 7.92. The Morgan fingerprint density at radius 2 is 1.76 bits per heavy atom. The topological polar surface area (TPSA) is 110 Å². The van der Waals surface area contributed by atoms with E-state index in [1.807, 2.05) is 4.72 Å². The van der Waals surface area contributed by atoms with Crippen LogP contribution in [0.3, 0.4) is 0 Å². The van der Waals surface area contributed by atoms with Crippen LogP contribution in [-0.4, -0.2) is 40.5 Å². The van der Waals surface area contributed by atoms with Crippen molar-refractivity contribution in [1.29, 1.82) is 0 Å². The first-order valence-electron chi connectivity index (χ1n) is 5.18. The van der Waals surface area contributed by atoms with Gasteiger partial charge >= 0.3 is 10.2 Å². The van der Waals surface area contributed by atoms with Crippen LogP contribution in [0.2, 0.25) is 0 Å². The average Bonchev–Trinajstić information content (AvgIpc) is 2.69. The average molecular weight is 282 g/mol. The smallest absolute Gasteiger partial charge is 0.229 e. The van der Waals surface area contributed by atoms with Crippen molar-refractivity contribution in [2.75, 3.05) is 12.3 Å². The molecule has 1 rings (SSSR count). The molecule has 0 amide bonds. The van der Waals surface area contributed by atoms with Gasteiger partial charge in [-0.2, -0.15) is 13.1 Å². The lowest BCUT2D eigenvalue weighted by atomic mass is 10.4. The summed E-state index contributed by atoms with van der Waals surface area (Å²) in [7, 11) is -7.36. The molecule has 1 aliphatic rings. The van der Waals surface area contributed by atoms with Crippen LogP contribution in [0, 0.1) is 0 Å². The summed E-state index contributed by atoms with van der Waals surface area (Å²) < 4.78 is 49.7. The first kappa shape index (κ1) is 14.3. The van der Waals surface area contributed by atoms with Gasteiger partial charge in [0.15, 0.2) is 9.84 Å². The second-order valence-corrected chi connectivity index (χ2v) is 7.65. The SMILES string of the molecule is O=C=NS(=O)(=O)NCCS(=O)(=O)C1CCCC1. The summed E-state index contributed by atoms with van der Waals surface area (Å²) in [5, 5.41) is -0.360. The second kappa shape index (κ2) is 5.72. The summed E-state index contributed by atoms with van der Waals surface area (Å²) in [5.41, 5.74) is 0. The molecule has 0 heterocycles. The fourth-order valence-corrected chi connectivity index (χ4v) is 4.23. The monoisotopic (exact) mass is 282 g/mol. The first-order valence-corrected chi connectivity index (χ1v) is 8.33. The van der Waals surface area contributed by atoms with Crippen LogP contribution in [0.5, 0.6) is 0 Å². The normalized spacial score (nSPS) is 17.9. The van der Waals surface area contributed by atoms with Gasteiger partial charge in [-0.05, 0) is 12.8 Å². The second-order valence-electron chi connectivity index (χ2n) is 3.83. The Morgan fingerprint density at radius 1 is 1.18 bits per heavy atom. The Labute approximate surface area is 100 Å². The van der Waals surface area contributed by atoms with Crippen molar-refractivity contribution >= 4 is 26.1 Å². The molecule has 98 valence electrons. The van der Waals surface area contributed by atoms with Crippen molar-refractivity contribution in [3.8, 4) is 0 Å². The van der Waals surface area contributed by atoms with E-state index in [4.69, 9.17) is 0 Å². The van der Waals surface area contributed by atoms with Gasteiger partial charge in [-0.1, -0.05) is 17.2 Å². The van der Waals surface area contributed by atoms with Crippen LogP contribution in [0.15, 0.2) is 4.40 Å². The molecule has 7 nitrogen and oxygen atoms in total. The van der Waals surface area contributed by atoms with Crippen molar-refractivity contribution < 1.29 is 21.6 Å². The molecule has 0 spiro atoms. The van der Waals surface area contributed by atoms with Gasteiger partial charge in [0.1, 0.15) is 0 Å². The Hall–Kier alpha value is -0.760. The molecule has 0 aromatic rings. The number of nitrogens with one attached hydrogen (secondary N) is 1. The Bertz CT molecular complexity index is 498. The fourth-order valence-electron chi connectivity index (χ4n) is 1.81. The number of isocyanates is 1. The van der Waals surface area contributed by atoms with E-state index in [2.05, 4.69) is 4.40 Å². The van der Waals surface area contributed by atoms with Gasteiger partial charge in [-0.25, -0.2) is 13.2 Å². The van der Waals surface area contributed by atoms with Crippen molar-refractivity contribution in [3.63, 3.8) is 0 Å². The van der Waals surface area contributed by atoms with Crippen molar-refractivity contribution in [1.82, 2.24) is 4.72 Å². The van der Waals surface area contributed by atoms with E-state index in [-0.39, 0.29) is 17.5 Å². The fraction of sp³-hybridized carbons (Fsp3) is 0.875. The van der Waals surface area contributed by atoms with E-state index in [0.29, 0.717) is 12.8 Å². The molecule has 1 saturated carbocycles. The molecule has 0 aromatic carbocycles. The van der Waals surface area contributed by atoms with Crippen molar-refractivity contribution in [3.05, 3.63) is 0 Å². The number of rotatable bonds is 6. The lowest BCUT2D eigenvalue weighted by Gasteiger charge is -2.10. The summed E-state index contributed by atoms with van der Waals surface area (Å²) in [6, 6.07) is 0. The highest BCUT2D eigenvalue weighted by Gasteiger charge is 2.28. The molecule has 0 aromatic heterocycles. The van der Waals surface area contributed by atoms with Gasteiger partial charge in [-0.3, -0.25) is 0 Å². The third-order valence-corrected chi connectivity index (χ3v) is 5.78. The van der Waals surface area contributed by atoms with E-state index in [1.54, 1.807) is 0 Å². The standard InChI is InChI=1S/C8H14N2O5S2/c11-7-10-17(14,15)9-5-6-16(12,13)8-3-1-2-4-8/h8-9H,1-6H2. The predicted octanol–water partition coefficient (Wildman–Crippen LogP) is -0.486. The molecule has 0 aliphatic heterocycles. The Morgan fingerprint density at radius 3 is 2.29 bits per heavy atom. The predicted molar refractivity (Wildman–Crippen MR) is 61.1 cm³/mol. The first-order chi connectivity index (χ1) is 7.87. The van der Waals surface area contributed by atoms with Gasteiger partial charge < -0.3 is 0 Å². The van der Waals surface area contributed by atoms with Crippen molar-refractivity contribution in [2.45, 2.75) is 30.9 Å². The Balaban J connectivity index is 2.48. The number of carbonyl (C=O) groups excluding carboxylic acids is 1. The molecule has 1 N–H and O–H groups in total. The summed E-state index contributed by atoms with van der Waals surface area (Å²) in [6.45, 7) is -0.271. The molecule has 1 fully saturated rings. The minimum atomic E-state index is -4.09. The third kappa shape index (κ3) is 4.55. The maximum atomic E-state index is 11.7. The molecule has 9 heteroatoms. The van der Waals surface area contributed by atoms with E-state index in [0.717, 1.165) is 18.9 Å². The van der Waals surface area contributed by atoms with E-state index in [9.17, 15) is 21.6 Å². The number of hydrogen-bond acceptors (Lipinski definition) is 5. The number of nitrogens with zero attached hydrogens (tertiary/aromatic N) is 1. The summed E-state index contributed by atoms with van der Waals surface area (Å²) in [6.07, 6.45) is 3.95. The van der Waals surface area contributed by atoms with Crippen LogP contribution in [0.1, 0.15) is 25.7 Å². The lowest BCUT2D eigenvalue weighted by Crippen LogP contribution is -2.31. The summed E-state index contributed by atoms with van der Waals surface area (Å²) in [4.78, 5) is 9.76. The third-order valence-electron chi connectivity index (χ3n) is 2.64. The molecule has 0 atom stereocenters. The minimum Gasteiger partial charge on any atom is -0.229 e. The van der Waals surface area contributed by atoms with E-state index < -0.39 is 20.0 Å². The van der Waals surface area contributed by atoms with Gasteiger partial charge in [-0.15, -0.1) is 0 Å². The molecule has 0 bridgehead atoms. The van der Waals surface area contributed by atoms with Crippen LogP contribution in [0.25, 0.3) is 0 Å². The molecule has 0 radical (unpaired) electrons.